The largest absolute Gasteiger partial charge is 0.497 e. The van der Waals surface area contributed by atoms with Crippen LogP contribution in [0.3, 0.4) is 0 Å². The molecule has 0 saturated carbocycles. The van der Waals surface area contributed by atoms with Crippen LogP contribution in [0.2, 0.25) is 0 Å². The Kier molecular flexibility index (Phi) is 5.50. The summed E-state index contributed by atoms with van der Waals surface area (Å²) in [6.07, 6.45) is 2.80. The molecule has 0 radical (unpaired) electrons. The molecule has 10 heteroatoms. The van der Waals surface area contributed by atoms with E-state index in [-0.39, 0.29) is 17.0 Å². The first-order valence-electron chi connectivity index (χ1n) is 9.65. The van der Waals surface area contributed by atoms with Crippen LogP contribution < -0.4 is 9.47 Å². The molecule has 0 amide bonds. The van der Waals surface area contributed by atoms with Crippen LogP contribution in [0.25, 0.3) is 0 Å². The summed E-state index contributed by atoms with van der Waals surface area (Å²) in [6.45, 7) is 1.10. The summed E-state index contributed by atoms with van der Waals surface area (Å²) in [7, 11) is 0.859. The van der Waals surface area contributed by atoms with Gasteiger partial charge in [0.1, 0.15) is 28.0 Å². The molecular weight excluding hydrogens is 396 g/mol. The standard InChI is InChI=1S/C19H26N4O5S/c1-26-9-8-18-20-21-19-10-13-4-5-14(12-22(18)19)23(13)29(24,25)17-11-15(27-2)6-7-16(17)28-3/h6-7,11,13-14H,4-5,8-10,12H2,1-3H3. The van der Waals surface area contributed by atoms with Crippen LogP contribution in [0.5, 0.6) is 11.5 Å². The van der Waals surface area contributed by atoms with Crippen LogP contribution in [0, 0.1) is 0 Å². The average molecular weight is 423 g/mol. The molecule has 2 aliphatic rings. The maximum atomic E-state index is 13.7. The molecule has 0 spiro atoms. The average Bonchev–Trinajstić information content (AvgIpc) is 3.24. The van der Waals surface area contributed by atoms with E-state index in [0.29, 0.717) is 37.5 Å². The normalized spacial score (nSPS) is 21.6. The van der Waals surface area contributed by atoms with Crippen molar-refractivity contribution in [2.75, 3.05) is 27.9 Å². The fourth-order valence-electron chi connectivity index (χ4n) is 4.33. The van der Waals surface area contributed by atoms with Gasteiger partial charge in [-0.3, -0.25) is 0 Å². The molecule has 1 fully saturated rings. The Labute approximate surface area is 170 Å². The molecule has 2 aromatic rings. The predicted octanol–water partition coefficient (Wildman–Crippen LogP) is 1.26. The van der Waals surface area contributed by atoms with E-state index < -0.39 is 10.0 Å². The lowest BCUT2D eigenvalue weighted by Crippen LogP contribution is -2.42. The highest BCUT2D eigenvalue weighted by atomic mass is 32.2. The fourth-order valence-corrected chi connectivity index (χ4v) is 6.36. The van der Waals surface area contributed by atoms with E-state index in [1.54, 1.807) is 23.5 Å². The first kappa shape index (κ1) is 20.1. The van der Waals surface area contributed by atoms with E-state index in [9.17, 15) is 8.42 Å². The van der Waals surface area contributed by atoms with Crippen LogP contribution in [-0.4, -0.2) is 67.5 Å². The van der Waals surface area contributed by atoms with Gasteiger partial charge in [0.2, 0.25) is 10.0 Å². The number of sulfonamides is 1. The lowest BCUT2D eigenvalue weighted by Gasteiger charge is -2.28. The van der Waals surface area contributed by atoms with Gasteiger partial charge in [0.25, 0.3) is 0 Å². The molecule has 0 aliphatic carbocycles. The van der Waals surface area contributed by atoms with Crippen molar-refractivity contribution in [2.45, 2.75) is 49.2 Å². The summed E-state index contributed by atoms with van der Waals surface area (Å²) >= 11 is 0. The molecule has 9 nitrogen and oxygen atoms in total. The lowest BCUT2D eigenvalue weighted by molar-refractivity contribution is 0.199. The van der Waals surface area contributed by atoms with Gasteiger partial charge >= 0.3 is 0 Å². The number of ether oxygens (including phenoxy) is 3. The second kappa shape index (κ2) is 7.92. The van der Waals surface area contributed by atoms with E-state index in [4.69, 9.17) is 14.2 Å². The van der Waals surface area contributed by atoms with Crippen LogP contribution >= 0.6 is 0 Å². The van der Waals surface area contributed by atoms with Gasteiger partial charge in [-0.25, -0.2) is 8.42 Å². The lowest BCUT2D eigenvalue weighted by atomic mass is 10.1. The quantitative estimate of drug-likeness (QED) is 0.663. The molecular formula is C19H26N4O5S. The number of nitrogens with zero attached hydrogens (tertiary/aromatic N) is 4. The van der Waals surface area contributed by atoms with Gasteiger partial charge in [-0.15, -0.1) is 10.2 Å². The van der Waals surface area contributed by atoms with Gasteiger partial charge in [-0.2, -0.15) is 4.31 Å². The predicted molar refractivity (Wildman–Crippen MR) is 105 cm³/mol. The summed E-state index contributed by atoms with van der Waals surface area (Å²) in [5.74, 6) is 2.46. The SMILES string of the molecule is COCCc1nnc2n1CC1CCC(C2)N1S(=O)(=O)c1cc(OC)ccc1OC. The van der Waals surface area contributed by atoms with Crippen LogP contribution in [0.15, 0.2) is 23.1 Å². The van der Waals surface area contributed by atoms with Gasteiger partial charge in [0, 0.05) is 44.6 Å². The molecule has 1 saturated heterocycles. The van der Waals surface area contributed by atoms with Crippen molar-refractivity contribution < 1.29 is 22.6 Å². The highest BCUT2D eigenvalue weighted by Crippen LogP contribution is 2.39. The number of fused-ring (bicyclic) bond motifs is 3. The molecule has 158 valence electrons. The van der Waals surface area contributed by atoms with Crippen LogP contribution in [-0.2, 0) is 34.1 Å². The fraction of sp³-hybridized carbons (Fsp3) is 0.579. The molecule has 2 unspecified atom stereocenters. The number of hydrogen-bond acceptors (Lipinski definition) is 7. The topological polar surface area (TPSA) is 95.8 Å². The number of aromatic nitrogens is 3. The van der Waals surface area contributed by atoms with E-state index in [1.165, 1.54) is 20.3 Å². The minimum Gasteiger partial charge on any atom is -0.497 e. The van der Waals surface area contributed by atoms with Gasteiger partial charge in [-0.05, 0) is 25.0 Å². The van der Waals surface area contributed by atoms with Crippen molar-refractivity contribution in [3.63, 3.8) is 0 Å². The Hall–Kier alpha value is -2.17. The molecule has 2 aliphatic heterocycles. The van der Waals surface area contributed by atoms with Crippen molar-refractivity contribution >= 4 is 10.0 Å². The second-order valence-electron chi connectivity index (χ2n) is 7.33. The molecule has 29 heavy (non-hydrogen) atoms. The summed E-state index contributed by atoms with van der Waals surface area (Å²) in [5, 5.41) is 8.63. The molecule has 1 aromatic carbocycles. The Bertz CT molecular complexity index is 990. The number of hydrogen-bond donors (Lipinski definition) is 0. The third-order valence-electron chi connectivity index (χ3n) is 5.72. The van der Waals surface area contributed by atoms with E-state index in [0.717, 1.165) is 24.5 Å². The van der Waals surface area contributed by atoms with Gasteiger partial charge in [-0.1, -0.05) is 0 Å². The van der Waals surface area contributed by atoms with Gasteiger partial charge in [0.15, 0.2) is 0 Å². The number of benzene rings is 1. The van der Waals surface area contributed by atoms with Gasteiger partial charge < -0.3 is 18.8 Å². The number of rotatable bonds is 7. The van der Waals surface area contributed by atoms with Crippen molar-refractivity contribution in [3.05, 3.63) is 29.8 Å². The minimum absolute atomic E-state index is 0.133. The first-order chi connectivity index (χ1) is 14.0. The third-order valence-corrected chi connectivity index (χ3v) is 7.75. The van der Waals surface area contributed by atoms with Crippen molar-refractivity contribution in [2.24, 2.45) is 0 Å². The summed E-state index contributed by atoms with van der Waals surface area (Å²) in [6, 6.07) is 4.55. The van der Waals surface area contributed by atoms with Gasteiger partial charge in [0.05, 0.1) is 20.8 Å². The smallest absolute Gasteiger partial charge is 0.247 e. The molecule has 1 aromatic heterocycles. The monoisotopic (exact) mass is 422 g/mol. The highest BCUT2D eigenvalue weighted by molar-refractivity contribution is 7.89. The maximum absolute atomic E-state index is 13.7. The Balaban J connectivity index is 1.71. The Morgan fingerprint density at radius 2 is 1.90 bits per heavy atom. The maximum Gasteiger partial charge on any atom is 0.247 e. The first-order valence-corrected chi connectivity index (χ1v) is 11.1. The summed E-state index contributed by atoms with van der Waals surface area (Å²) < 4.78 is 46.9. The molecule has 0 N–H and O–H groups in total. The third kappa shape index (κ3) is 3.49. The van der Waals surface area contributed by atoms with Crippen molar-refractivity contribution in [1.82, 2.24) is 19.1 Å². The van der Waals surface area contributed by atoms with Crippen LogP contribution in [0.4, 0.5) is 0 Å². The van der Waals surface area contributed by atoms with E-state index in [2.05, 4.69) is 14.8 Å². The summed E-state index contributed by atoms with van der Waals surface area (Å²) in [4.78, 5) is 0.133. The molecule has 2 atom stereocenters. The summed E-state index contributed by atoms with van der Waals surface area (Å²) in [5.41, 5.74) is 0. The zero-order valence-electron chi connectivity index (χ0n) is 16.9. The highest BCUT2D eigenvalue weighted by Gasteiger charge is 2.46. The Morgan fingerprint density at radius 3 is 2.62 bits per heavy atom. The molecule has 2 bridgehead atoms. The van der Waals surface area contributed by atoms with E-state index in [1.807, 2.05) is 0 Å². The van der Waals surface area contributed by atoms with E-state index >= 15 is 0 Å². The molecule has 4 rings (SSSR count). The zero-order valence-corrected chi connectivity index (χ0v) is 17.7. The minimum atomic E-state index is -3.78. The second-order valence-corrected chi connectivity index (χ2v) is 9.14. The molecule has 3 heterocycles. The van der Waals surface area contributed by atoms with Crippen LogP contribution in [0.1, 0.15) is 24.5 Å². The van der Waals surface area contributed by atoms with Crippen molar-refractivity contribution in [1.29, 1.82) is 0 Å². The number of methoxy groups -OCH3 is 3. The van der Waals surface area contributed by atoms with Crippen molar-refractivity contribution in [3.8, 4) is 11.5 Å². The Morgan fingerprint density at radius 1 is 1.10 bits per heavy atom. The zero-order chi connectivity index (χ0) is 20.6.